The number of hydrogen-bond donors (Lipinski definition) is 0. The Morgan fingerprint density at radius 2 is 1.58 bits per heavy atom. The molecule has 1 aliphatic carbocycles. The average Bonchev–Trinajstić information content (AvgIpc) is 2.84. The summed E-state index contributed by atoms with van der Waals surface area (Å²) in [7, 11) is 1.09. The van der Waals surface area contributed by atoms with Crippen molar-refractivity contribution < 1.29 is 18.7 Å². The fourth-order valence-corrected chi connectivity index (χ4v) is 3.34. The molecule has 0 amide bonds. The van der Waals surface area contributed by atoms with Crippen LogP contribution in [0.15, 0.2) is 66.2 Å². The summed E-state index contributed by atoms with van der Waals surface area (Å²) < 4.78 is 20.4. The molecule has 0 aliphatic heterocycles. The van der Waals surface area contributed by atoms with Crippen LogP contribution >= 0.6 is 0 Å². The lowest BCUT2D eigenvalue weighted by Crippen LogP contribution is -2.45. The molecule has 122 valence electrons. The van der Waals surface area contributed by atoms with E-state index < -0.39 is 23.3 Å². The molecule has 0 saturated heterocycles. The monoisotopic (exact) mass is 324 g/mol. The fourth-order valence-electron chi connectivity index (χ4n) is 3.34. The molecule has 2 aromatic rings. The maximum atomic E-state index is 15.8. The Labute approximate surface area is 139 Å². The molecule has 0 unspecified atom stereocenters. The zero-order valence-electron chi connectivity index (χ0n) is 13.5. The summed E-state index contributed by atoms with van der Waals surface area (Å²) >= 11 is 0. The van der Waals surface area contributed by atoms with Gasteiger partial charge in [-0.1, -0.05) is 60.7 Å². The molecule has 2 atom stereocenters. The van der Waals surface area contributed by atoms with Crippen molar-refractivity contribution in [1.82, 2.24) is 0 Å². The number of rotatable bonds is 3. The molecule has 3 rings (SSSR count). The highest BCUT2D eigenvalue weighted by atomic mass is 19.1. The van der Waals surface area contributed by atoms with E-state index in [4.69, 9.17) is 0 Å². The SMILES string of the molecule is COC(=O)[C@]1(F)C(=O)C(C)=C(c2ccccc2)[C@@H]1c1ccccc1. The molecule has 3 nitrogen and oxygen atoms in total. The molecular weight excluding hydrogens is 307 g/mol. The Balaban J connectivity index is 2.26. The van der Waals surface area contributed by atoms with E-state index in [9.17, 15) is 9.59 Å². The lowest BCUT2D eigenvalue weighted by atomic mass is 9.80. The van der Waals surface area contributed by atoms with Gasteiger partial charge in [-0.05, 0) is 23.6 Å². The van der Waals surface area contributed by atoms with Crippen molar-refractivity contribution in [2.24, 2.45) is 0 Å². The second-order valence-corrected chi connectivity index (χ2v) is 5.78. The molecule has 0 radical (unpaired) electrons. The summed E-state index contributed by atoms with van der Waals surface area (Å²) in [6.45, 7) is 1.56. The summed E-state index contributed by atoms with van der Waals surface area (Å²) in [5.74, 6) is -3.02. The highest BCUT2D eigenvalue weighted by molar-refractivity contribution is 6.24. The van der Waals surface area contributed by atoms with Crippen LogP contribution in [-0.2, 0) is 14.3 Å². The van der Waals surface area contributed by atoms with Crippen LogP contribution in [0.5, 0.6) is 0 Å². The smallest absolute Gasteiger partial charge is 0.352 e. The Bertz CT molecular complexity index is 811. The molecule has 2 aromatic carbocycles. The van der Waals surface area contributed by atoms with Crippen molar-refractivity contribution in [3.8, 4) is 0 Å². The summed E-state index contributed by atoms with van der Waals surface area (Å²) in [5.41, 5.74) is -0.677. The van der Waals surface area contributed by atoms with Crippen molar-refractivity contribution in [3.63, 3.8) is 0 Å². The van der Waals surface area contributed by atoms with Gasteiger partial charge in [-0.15, -0.1) is 0 Å². The first kappa shape index (κ1) is 16.1. The quantitative estimate of drug-likeness (QED) is 0.638. The number of ketones is 1. The van der Waals surface area contributed by atoms with E-state index in [1.54, 1.807) is 37.3 Å². The Morgan fingerprint density at radius 3 is 2.12 bits per heavy atom. The predicted molar refractivity (Wildman–Crippen MR) is 89.1 cm³/mol. The number of hydrogen-bond acceptors (Lipinski definition) is 3. The van der Waals surface area contributed by atoms with Crippen LogP contribution in [0.2, 0.25) is 0 Å². The van der Waals surface area contributed by atoms with Crippen molar-refractivity contribution in [3.05, 3.63) is 77.4 Å². The van der Waals surface area contributed by atoms with E-state index in [-0.39, 0.29) is 5.57 Å². The van der Waals surface area contributed by atoms with Gasteiger partial charge in [-0.2, -0.15) is 0 Å². The molecule has 0 spiro atoms. The van der Waals surface area contributed by atoms with Gasteiger partial charge < -0.3 is 4.74 Å². The van der Waals surface area contributed by atoms with Crippen molar-refractivity contribution in [2.75, 3.05) is 7.11 Å². The minimum absolute atomic E-state index is 0.253. The number of methoxy groups -OCH3 is 1. The predicted octanol–water partition coefficient (Wildman–Crippen LogP) is 3.71. The van der Waals surface area contributed by atoms with Crippen molar-refractivity contribution in [2.45, 2.75) is 18.5 Å². The first-order chi connectivity index (χ1) is 11.5. The van der Waals surface area contributed by atoms with Crippen LogP contribution in [0, 0.1) is 0 Å². The Morgan fingerprint density at radius 1 is 1.04 bits per heavy atom. The number of carbonyl (C=O) groups is 2. The third-order valence-electron chi connectivity index (χ3n) is 4.46. The molecule has 1 aliphatic rings. The van der Waals surface area contributed by atoms with Gasteiger partial charge in [-0.25, -0.2) is 9.18 Å². The fraction of sp³-hybridized carbons (Fsp3) is 0.200. The molecular formula is C20H17FO3. The number of Topliss-reactive ketones (excluding diaryl/α,β-unsaturated/α-hetero) is 1. The Hall–Kier alpha value is -2.75. The lowest BCUT2D eigenvalue weighted by Gasteiger charge is -2.26. The van der Waals surface area contributed by atoms with Crippen LogP contribution in [0.3, 0.4) is 0 Å². The minimum Gasteiger partial charge on any atom is -0.466 e. The molecule has 0 saturated carbocycles. The second kappa shape index (κ2) is 6.04. The van der Waals surface area contributed by atoms with E-state index in [0.29, 0.717) is 11.1 Å². The lowest BCUT2D eigenvalue weighted by molar-refractivity contribution is -0.158. The van der Waals surface area contributed by atoms with Gasteiger partial charge in [0.15, 0.2) is 0 Å². The van der Waals surface area contributed by atoms with E-state index >= 15 is 4.39 Å². The average molecular weight is 324 g/mol. The minimum atomic E-state index is -2.74. The van der Waals surface area contributed by atoms with Gasteiger partial charge in [0.2, 0.25) is 5.78 Å². The van der Waals surface area contributed by atoms with Gasteiger partial charge in [0.05, 0.1) is 13.0 Å². The number of halogens is 1. The third kappa shape index (κ3) is 2.26. The molecule has 0 bridgehead atoms. The number of allylic oxidation sites excluding steroid dienone is 2. The first-order valence-corrected chi connectivity index (χ1v) is 7.65. The van der Waals surface area contributed by atoms with Crippen LogP contribution in [0.1, 0.15) is 24.0 Å². The van der Waals surface area contributed by atoms with Crippen LogP contribution in [-0.4, -0.2) is 24.5 Å². The number of benzene rings is 2. The van der Waals surface area contributed by atoms with E-state index in [1.165, 1.54) is 0 Å². The number of carbonyl (C=O) groups excluding carboxylic acids is 2. The summed E-state index contributed by atoms with van der Waals surface area (Å²) in [6, 6.07) is 17.9. The maximum Gasteiger partial charge on any atom is 0.352 e. The summed E-state index contributed by atoms with van der Waals surface area (Å²) in [5, 5.41) is 0. The third-order valence-corrected chi connectivity index (χ3v) is 4.46. The van der Waals surface area contributed by atoms with Crippen molar-refractivity contribution in [1.29, 1.82) is 0 Å². The summed E-state index contributed by atoms with van der Waals surface area (Å²) in [4.78, 5) is 24.9. The van der Waals surface area contributed by atoms with E-state index in [1.807, 2.05) is 30.3 Å². The maximum absolute atomic E-state index is 15.8. The standard InChI is InChI=1S/C20H17FO3/c1-13-16(14-9-5-3-6-10-14)17(15-11-7-4-8-12-15)20(21,18(13)22)19(23)24-2/h3-12,17H,1-2H3/t17-,20+/m0/s1. The highest BCUT2D eigenvalue weighted by Crippen LogP contribution is 2.51. The highest BCUT2D eigenvalue weighted by Gasteiger charge is 2.61. The van der Waals surface area contributed by atoms with Crippen LogP contribution in [0.4, 0.5) is 4.39 Å². The molecule has 0 aromatic heterocycles. The molecule has 24 heavy (non-hydrogen) atoms. The van der Waals surface area contributed by atoms with Crippen LogP contribution in [0.25, 0.3) is 5.57 Å². The van der Waals surface area contributed by atoms with E-state index in [0.717, 1.165) is 12.7 Å². The van der Waals surface area contributed by atoms with E-state index in [2.05, 4.69) is 4.74 Å². The second-order valence-electron chi connectivity index (χ2n) is 5.78. The largest absolute Gasteiger partial charge is 0.466 e. The zero-order chi connectivity index (χ0) is 17.3. The zero-order valence-corrected chi connectivity index (χ0v) is 13.5. The van der Waals surface area contributed by atoms with Gasteiger partial charge >= 0.3 is 5.97 Å². The van der Waals surface area contributed by atoms with Crippen LogP contribution < -0.4 is 0 Å². The molecule has 0 N–H and O–H groups in total. The normalized spacial score (nSPS) is 23.5. The number of ether oxygens (including phenoxy) is 1. The topological polar surface area (TPSA) is 43.4 Å². The Kier molecular flexibility index (Phi) is 4.06. The first-order valence-electron chi connectivity index (χ1n) is 7.65. The molecule has 0 heterocycles. The van der Waals surface area contributed by atoms with Gasteiger partial charge in [-0.3, -0.25) is 4.79 Å². The number of esters is 1. The number of alkyl halides is 1. The van der Waals surface area contributed by atoms with Gasteiger partial charge in [0, 0.05) is 5.57 Å². The molecule has 4 heteroatoms. The summed E-state index contributed by atoms with van der Waals surface area (Å²) in [6.07, 6.45) is 0. The van der Waals surface area contributed by atoms with Gasteiger partial charge in [0.1, 0.15) is 0 Å². The molecule has 0 fully saturated rings. The van der Waals surface area contributed by atoms with Crippen molar-refractivity contribution >= 4 is 17.3 Å². The van der Waals surface area contributed by atoms with Gasteiger partial charge in [0.25, 0.3) is 5.67 Å².